The van der Waals surface area contributed by atoms with Gasteiger partial charge in [-0.1, -0.05) is 26.2 Å². The van der Waals surface area contributed by atoms with Gasteiger partial charge in [0.25, 0.3) is 0 Å². The second-order valence-electron chi connectivity index (χ2n) is 5.18. The molecule has 0 radical (unpaired) electrons. The fourth-order valence-electron chi connectivity index (χ4n) is 3.19. The molecule has 1 aromatic rings. The highest BCUT2D eigenvalue weighted by atomic mass is 79.9. The van der Waals surface area contributed by atoms with E-state index in [9.17, 15) is 0 Å². The molecular weight excluding hydrogens is 306 g/mol. The van der Waals surface area contributed by atoms with E-state index in [-0.39, 0.29) is 11.6 Å². The normalized spacial score (nSPS) is 20.4. The van der Waals surface area contributed by atoms with Crippen molar-refractivity contribution in [3.8, 4) is 0 Å². The van der Waals surface area contributed by atoms with E-state index in [4.69, 9.17) is 9.15 Å². The van der Waals surface area contributed by atoms with Crippen LogP contribution in [0.1, 0.15) is 57.8 Å². The standard InChI is InChI=1S/C15H24BrNO2/c1-3-17-14(13-12(16)8-11-18-13)15(19-4-2)9-6-5-7-10-15/h8,11,14,17H,3-7,9-10H2,1-2H3. The summed E-state index contributed by atoms with van der Waals surface area (Å²) in [6.07, 6.45) is 7.73. The highest BCUT2D eigenvalue weighted by Crippen LogP contribution is 2.43. The molecule has 0 bridgehead atoms. The van der Waals surface area contributed by atoms with Crippen LogP contribution in [-0.4, -0.2) is 18.8 Å². The minimum Gasteiger partial charge on any atom is -0.466 e. The first-order valence-electron chi connectivity index (χ1n) is 7.33. The molecule has 1 aliphatic carbocycles. The molecular formula is C15H24BrNO2. The molecule has 108 valence electrons. The summed E-state index contributed by atoms with van der Waals surface area (Å²) in [4.78, 5) is 0. The molecule has 0 aliphatic heterocycles. The molecule has 1 fully saturated rings. The van der Waals surface area contributed by atoms with Gasteiger partial charge < -0.3 is 14.5 Å². The Morgan fingerprint density at radius 2 is 2.11 bits per heavy atom. The summed E-state index contributed by atoms with van der Waals surface area (Å²) in [5, 5.41) is 3.57. The molecule has 1 unspecified atom stereocenters. The van der Waals surface area contributed by atoms with E-state index < -0.39 is 0 Å². The fourth-order valence-corrected chi connectivity index (χ4v) is 3.62. The van der Waals surface area contributed by atoms with Crippen LogP contribution in [0.25, 0.3) is 0 Å². The van der Waals surface area contributed by atoms with E-state index in [1.165, 1.54) is 19.3 Å². The Kier molecular flexibility index (Phi) is 5.48. The predicted molar refractivity (Wildman–Crippen MR) is 80.3 cm³/mol. The average molecular weight is 330 g/mol. The molecule has 1 N–H and O–H groups in total. The lowest BCUT2D eigenvalue weighted by molar-refractivity contribution is -0.0951. The number of halogens is 1. The van der Waals surface area contributed by atoms with Crippen LogP contribution < -0.4 is 5.32 Å². The lowest BCUT2D eigenvalue weighted by Crippen LogP contribution is -2.47. The van der Waals surface area contributed by atoms with Gasteiger partial charge in [0.15, 0.2) is 0 Å². The Morgan fingerprint density at radius 3 is 2.63 bits per heavy atom. The first-order chi connectivity index (χ1) is 9.23. The summed E-state index contributed by atoms with van der Waals surface area (Å²) in [5.41, 5.74) is -0.122. The zero-order valence-electron chi connectivity index (χ0n) is 11.9. The SMILES string of the molecule is CCNC(c1occc1Br)C1(OCC)CCCCC1. The molecule has 0 saturated heterocycles. The monoisotopic (exact) mass is 329 g/mol. The van der Waals surface area contributed by atoms with Gasteiger partial charge in [-0.05, 0) is 48.3 Å². The maximum atomic E-state index is 6.22. The van der Waals surface area contributed by atoms with Crippen molar-refractivity contribution < 1.29 is 9.15 Å². The molecule has 19 heavy (non-hydrogen) atoms. The van der Waals surface area contributed by atoms with Gasteiger partial charge in [-0.15, -0.1) is 0 Å². The van der Waals surface area contributed by atoms with Crippen molar-refractivity contribution in [2.45, 2.75) is 57.6 Å². The van der Waals surface area contributed by atoms with E-state index in [0.29, 0.717) is 0 Å². The molecule has 1 atom stereocenters. The first kappa shape index (κ1) is 15.1. The van der Waals surface area contributed by atoms with Crippen LogP contribution in [0.5, 0.6) is 0 Å². The minimum absolute atomic E-state index is 0.122. The van der Waals surface area contributed by atoms with Crippen LogP contribution in [0.15, 0.2) is 21.2 Å². The molecule has 3 nitrogen and oxygen atoms in total. The molecule has 0 aromatic carbocycles. The Bertz CT molecular complexity index is 380. The van der Waals surface area contributed by atoms with Gasteiger partial charge >= 0.3 is 0 Å². The van der Waals surface area contributed by atoms with Crippen molar-refractivity contribution in [3.05, 3.63) is 22.6 Å². The average Bonchev–Trinajstić information content (AvgIpc) is 2.83. The predicted octanol–water partition coefficient (Wildman–Crippen LogP) is 4.43. The van der Waals surface area contributed by atoms with E-state index in [1.54, 1.807) is 6.26 Å². The van der Waals surface area contributed by atoms with Crippen molar-refractivity contribution in [1.82, 2.24) is 5.32 Å². The zero-order valence-corrected chi connectivity index (χ0v) is 13.5. The second kappa shape index (κ2) is 6.91. The van der Waals surface area contributed by atoms with Crippen LogP contribution in [0.3, 0.4) is 0 Å². The van der Waals surface area contributed by atoms with Crippen molar-refractivity contribution in [1.29, 1.82) is 0 Å². The number of hydrogen-bond acceptors (Lipinski definition) is 3. The summed E-state index contributed by atoms with van der Waals surface area (Å²) in [6, 6.07) is 2.09. The maximum absolute atomic E-state index is 6.22. The lowest BCUT2D eigenvalue weighted by atomic mass is 9.78. The number of nitrogens with one attached hydrogen (secondary N) is 1. The van der Waals surface area contributed by atoms with Gasteiger partial charge in [-0.2, -0.15) is 0 Å². The molecule has 1 heterocycles. The van der Waals surface area contributed by atoms with Gasteiger partial charge in [-0.25, -0.2) is 0 Å². The quantitative estimate of drug-likeness (QED) is 0.838. The maximum Gasteiger partial charge on any atom is 0.137 e. The van der Waals surface area contributed by atoms with E-state index in [1.807, 2.05) is 6.07 Å². The second-order valence-corrected chi connectivity index (χ2v) is 6.04. The summed E-state index contributed by atoms with van der Waals surface area (Å²) in [5.74, 6) is 0.970. The minimum atomic E-state index is -0.122. The van der Waals surface area contributed by atoms with Crippen molar-refractivity contribution in [2.24, 2.45) is 0 Å². The molecule has 2 rings (SSSR count). The number of hydrogen-bond donors (Lipinski definition) is 1. The largest absolute Gasteiger partial charge is 0.466 e. The smallest absolute Gasteiger partial charge is 0.137 e. The molecule has 1 saturated carbocycles. The van der Waals surface area contributed by atoms with Crippen molar-refractivity contribution >= 4 is 15.9 Å². The Hall–Kier alpha value is -0.320. The van der Waals surface area contributed by atoms with Gasteiger partial charge in [0, 0.05) is 6.61 Å². The molecule has 4 heteroatoms. The highest BCUT2D eigenvalue weighted by molar-refractivity contribution is 9.10. The van der Waals surface area contributed by atoms with E-state index in [2.05, 4.69) is 35.1 Å². The van der Waals surface area contributed by atoms with Crippen molar-refractivity contribution in [2.75, 3.05) is 13.2 Å². The van der Waals surface area contributed by atoms with Crippen molar-refractivity contribution in [3.63, 3.8) is 0 Å². The van der Waals surface area contributed by atoms with Gasteiger partial charge in [-0.3, -0.25) is 0 Å². The molecule has 1 aromatic heterocycles. The summed E-state index contributed by atoms with van der Waals surface area (Å²) < 4.78 is 13.0. The van der Waals surface area contributed by atoms with E-state index in [0.717, 1.165) is 36.2 Å². The van der Waals surface area contributed by atoms with Gasteiger partial charge in [0.2, 0.25) is 0 Å². The van der Waals surface area contributed by atoms with Crippen LogP contribution in [0, 0.1) is 0 Å². The molecule has 0 amide bonds. The Balaban J connectivity index is 2.31. The van der Waals surface area contributed by atoms with Gasteiger partial charge in [0.1, 0.15) is 5.76 Å². The fraction of sp³-hybridized carbons (Fsp3) is 0.733. The zero-order chi connectivity index (χ0) is 13.7. The number of ether oxygens (including phenoxy) is 1. The highest BCUT2D eigenvalue weighted by Gasteiger charge is 2.43. The third-order valence-electron chi connectivity index (χ3n) is 3.97. The molecule has 0 spiro atoms. The summed E-state index contributed by atoms with van der Waals surface area (Å²) >= 11 is 3.59. The first-order valence-corrected chi connectivity index (χ1v) is 8.13. The summed E-state index contributed by atoms with van der Waals surface area (Å²) in [6.45, 7) is 5.87. The van der Waals surface area contributed by atoms with Crippen LogP contribution in [0.2, 0.25) is 0 Å². The third-order valence-corrected chi connectivity index (χ3v) is 4.63. The lowest BCUT2D eigenvalue weighted by Gasteiger charge is -2.42. The Labute approximate surface area is 124 Å². The van der Waals surface area contributed by atoms with Gasteiger partial charge in [0.05, 0.1) is 22.4 Å². The topological polar surface area (TPSA) is 34.4 Å². The number of rotatable bonds is 6. The van der Waals surface area contributed by atoms with E-state index >= 15 is 0 Å². The Morgan fingerprint density at radius 1 is 1.37 bits per heavy atom. The van der Waals surface area contributed by atoms with Crippen LogP contribution in [0.4, 0.5) is 0 Å². The summed E-state index contributed by atoms with van der Waals surface area (Å²) in [7, 11) is 0. The third kappa shape index (κ3) is 3.23. The molecule has 1 aliphatic rings. The number of furan rings is 1. The number of likely N-dealkylation sites (N-methyl/N-ethyl adjacent to an activating group) is 1. The van der Waals surface area contributed by atoms with Crippen LogP contribution in [-0.2, 0) is 4.74 Å². The van der Waals surface area contributed by atoms with Crippen LogP contribution >= 0.6 is 15.9 Å².